The Labute approximate surface area is 138 Å². The lowest BCUT2D eigenvalue weighted by Gasteiger charge is -2.19. The van der Waals surface area contributed by atoms with Gasteiger partial charge >= 0.3 is 5.97 Å². The number of hydrogen-bond donors (Lipinski definition) is 3. The molecular formula is C17H32O6. The van der Waals surface area contributed by atoms with Gasteiger partial charge in [0, 0.05) is 0 Å². The summed E-state index contributed by atoms with van der Waals surface area (Å²) in [5, 5.41) is 27.2. The van der Waals surface area contributed by atoms with Gasteiger partial charge in [0.25, 0.3) is 0 Å². The Bertz CT molecular complexity index is 331. The first-order chi connectivity index (χ1) is 10.9. The van der Waals surface area contributed by atoms with Gasteiger partial charge in [-0.05, 0) is 13.3 Å². The van der Waals surface area contributed by atoms with Crippen molar-refractivity contribution in [3.8, 4) is 0 Å². The topological polar surface area (TPSA) is 104 Å². The summed E-state index contributed by atoms with van der Waals surface area (Å²) in [5.41, 5.74) is 0. The average molecular weight is 332 g/mol. The van der Waals surface area contributed by atoms with E-state index in [4.69, 9.17) is 10.2 Å². The Balaban J connectivity index is 4.02. The van der Waals surface area contributed by atoms with Crippen LogP contribution in [0.2, 0.25) is 0 Å². The van der Waals surface area contributed by atoms with Gasteiger partial charge in [0.05, 0.1) is 6.61 Å². The summed E-state index contributed by atoms with van der Waals surface area (Å²) >= 11 is 0. The van der Waals surface area contributed by atoms with Crippen molar-refractivity contribution in [3.63, 3.8) is 0 Å². The van der Waals surface area contributed by atoms with E-state index in [1.165, 1.54) is 32.6 Å². The van der Waals surface area contributed by atoms with Crippen molar-refractivity contribution in [1.29, 1.82) is 0 Å². The average Bonchev–Trinajstić information content (AvgIpc) is 2.51. The second-order valence-corrected chi connectivity index (χ2v) is 6.00. The van der Waals surface area contributed by atoms with Crippen LogP contribution in [-0.4, -0.2) is 46.1 Å². The van der Waals surface area contributed by atoms with Crippen LogP contribution in [-0.2, 0) is 14.3 Å². The van der Waals surface area contributed by atoms with Gasteiger partial charge in [-0.1, -0.05) is 58.3 Å². The molecule has 0 spiro atoms. The van der Waals surface area contributed by atoms with Crippen molar-refractivity contribution in [3.05, 3.63) is 0 Å². The maximum absolute atomic E-state index is 11.9. The SMILES string of the molecule is CCCCCCCCCCC(C(C)=O)C(=O)OC(O)C(O)CO. The Kier molecular flexibility index (Phi) is 12.9. The monoisotopic (exact) mass is 332 g/mol. The van der Waals surface area contributed by atoms with E-state index in [0.717, 1.165) is 25.7 Å². The smallest absolute Gasteiger partial charge is 0.318 e. The van der Waals surface area contributed by atoms with Crippen LogP contribution in [0.1, 0.15) is 71.6 Å². The zero-order chi connectivity index (χ0) is 17.7. The fourth-order valence-corrected chi connectivity index (χ4v) is 2.34. The van der Waals surface area contributed by atoms with Crippen LogP contribution in [0.5, 0.6) is 0 Å². The molecule has 3 unspecified atom stereocenters. The summed E-state index contributed by atoms with van der Waals surface area (Å²) in [4.78, 5) is 23.4. The molecule has 3 N–H and O–H groups in total. The number of ketones is 1. The minimum absolute atomic E-state index is 0.316. The van der Waals surface area contributed by atoms with Gasteiger partial charge in [-0.3, -0.25) is 9.59 Å². The van der Waals surface area contributed by atoms with Crippen LogP contribution >= 0.6 is 0 Å². The van der Waals surface area contributed by atoms with Gasteiger partial charge < -0.3 is 20.1 Å². The van der Waals surface area contributed by atoms with Gasteiger partial charge in [0.2, 0.25) is 6.29 Å². The second kappa shape index (κ2) is 13.5. The van der Waals surface area contributed by atoms with E-state index in [-0.39, 0.29) is 5.78 Å². The van der Waals surface area contributed by atoms with Crippen molar-refractivity contribution < 1.29 is 29.6 Å². The van der Waals surface area contributed by atoms with Crippen LogP contribution in [0.15, 0.2) is 0 Å². The normalized spacial score (nSPS) is 15.0. The second-order valence-electron chi connectivity index (χ2n) is 6.00. The van der Waals surface area contributed by atoms with Gasteiger partial charge in [0.15, 0.2) is 0 Å². The van der Waals surface area contributed by atoms with Gasteiger partial charge in [0.1, 0.15) is 17.8 Å². The molecule has 3 atom stereocenters. The largest absolute Gasteiger partial charge is 0.432 e. The standard InChI is InChI=1S/C17H32O6/c1-3-4-5-6-7-8-9-10-11-14(13(2)19)16(21)23-17(22)15(20)12-18/h14-15,17-18,20,22H,3-12H2,1-2H3. The lowest BCUT2D eigenvalue weighted by molar-refractivity contribution is -0.194. The molecule has 0 aliphatic heterocycles. The summed E-state index contributed by atoms with van der Waals surface area (Å²) in [7, 11) is 0. The molecule has 6 nitrogen and oxygen atoms in total. The molecule has 0 heterocycles. The number of unbranched alkanes of at least 4 members (excludes halogenated alkanes) is 7. The molecule has 0 saturated heterocycles. The number of rotatable bonds is 14. The van der Waals surface area contributed by atoms with E-state index in [2.05, 4.69) is 11.7 Å². The zero-order valence-corrected chi connectivity index (χ0v) is 14.4. The number of carbonyl (C=O) groups excluding carboxylic acids is 2. The maximum Gasteiger partial charge on any atom is 0.318 e. The van der Waals surface area contributed by atoms with Gasteiger partial charge in [-0.25, -0.2) is 0 Å². The highest BCUT2D eigenvalue weighted by Crippen LogP contribution is 2.16. The van der Waals surface area contributed by atoms with Crippen LogP contribution < -0.4 is 0 Å². The minimum Gasteiger partial charge on any atom is -0.432 e. The molecule has 0 aromatic carbocycles. The molecule has 0 aliphatic rings. The zero-order valence-electron chi connectivity index (χ0n) is 14.4. The van der Waals surface area contributed by atoms with E-state index < -0.39 is 30.9 Å². The van der Waals surface area contributed by atoms with Crippen LogP contribution in [0, 0.1) is 5.92 Å². The first-order valence-electron chi connectivity index (χ1n) is 8.61. The van der Waals surface area contributed by atoms with E-state index in [1.807, 2.05) is 0 Å². The van der Waals surface area contributed by atoms with Crippen molar-refractivity contribution in [2.45, 2.75) is 84.0 Å². The number of aliphatic hydroxyl groups excluding tert-OH is 3. The van der Waals surface area contributed by atoms with Gasteiger partial charge in [-0.15, -0.1) is 0 Å². The summed E-state index contributed by atoms with van der Waals surface area (Å²) in [6.07, 6.45) is 5.90. The number of esters is 1. The van der Waals surface area contributed by atoms with E-state index in [1.54, 1.807) is 0 Å². The summed E-state index contributed by atoms with van der Waals surface area (Å²) in [6, 6.07) is 0. The first-order valence-corrected chi connectivity index (χ1v) is 8.61. The van der Waals surface area contributed by atoms with Crippen molar-refractivity contribution in [1.82, 2.24) is 0 Å². The molecule has 0 fully saturated rings. The third-order valence-electron chi connectivity index (χ3n) is 3.87. The predicted octanol–water partition coefficient (Wildman–Crippen LogP) is 1.94. The molecule has 0 bridgehead atoms. The Morgan fingerprint density at radius 1 is 0.957 bits per heavy atom. The van der Waals surface area contributed by atoms with Crippen LogP contribution in [0.4, 0.5) is 0 Å². The molecular weight excluding hydrogens is 300 g/mol. The fraction of sp³-hybridized carbons (Fsp3) is 0.882. The molecule has 0 saturated carbocycles. The molecule has 0 aromatic rings. The van der Waals surface area contributed by atoms with Crippen molar-refractivity contribution in [2.24, 2.45) is 5.92 Å². The lowest BCUT2D eigenvalue weighted by atomic mass is 9.97. The highest BCUT2D eigenvalue weighted by molar-refractivity contribution is 5.97. The number of aliphatic hydroxyl groups is 3. The van der Waals surface area contributed by atoms with Crippen LogP contribution in [0.25, 0.3) is 0 Å². The quantitative estimate of drug-likeness (QED) is 0.194. The molecule has 0 amide bonds. The molecule has 6 heteroatoms. The third-order valence-corrected chi connectivity index (χ3v) is 3.87. The van der Waals surface area contributed by atoms with E-state index in [0.29, 0.717) is 6.42 Å². The Hall–Kier alpha value is -0.980. The Morgan fingerprint density at radius 2 is 1.48 bits per heavy atom. The highest BCUT2D eigenvalue weighted by atomic mass is 16.6. The predicted molar refractivity (Wildman–Crippen MR) is 86.6 cm³/mol. The molecule has 0 radical (unpaired) electrons. The summed E-state index contributed by atoms with van der Waals surface area (Å²) < 4.78 is 4.63. The first kappa shape index (κ1) is 22.0. The number of carbonyl (C=O) groups is 2. The number of hydrogen-bond acceptors (Lipinski definition) is 6. The van der Waals surface area contributed by atoms with Crippen molar-refractivity contribution in [2.75, 3.05) is 6.61 Å². The fourth-order valence-electron chi connectivity index (χ4n) is 2.34. The third kappa shape index (κ3) is 10.4. The molecule has 23 heavy (non-hydrogen) atoms. The Morgan fingerprint density at radius 3 is 1.96 bits per heavy atom. The summed E-state index contributed by atoms with van der Waals surface area (Å²) in [6.45, 7) is 2.76. The molecule has 136 valence electrons. The molecule has 0 aromatic heterocycles. The highest BCUT2D eigenvalue weighted by Gasteiger charge is 2.28. The minimum atomic E-state index is -1.81. The van der Waals surface area contributed by atoms with E-state index in [9.17, 15) is 14.7 Å². The number of Topliss-reactive ketones (excluding diaryl/α,β-unsaturated/α-hetero) is 1. The molecule has 0 aliphatic carbocycles. The van der Waals surface area contributed by atoms with Crippen LogP contribution in [0.3, 0.4) is 0 Å². The number of ether oxygens (including phenoxy) is 1. The van der Waals surface area contributed by atoms with Crippen molar-refractivity contribution >= 4 is 11.8 Å². The maximum atomic E-state index is 11.9. The summed E-state index contributed by atoms with van der Waals surface area (Å²) in [5.74, 6) is -2.08. The van der Waals surface area contributed by atoms with Gasteiger partial charge in [-0.2, -0.15) is 0 Å². The molecule has 0 rings (SSSR count). The lowest BCUT2D eigenvalue weighted by Crippen LogP contribution is -2.37. The van der Waals surface area contributed by atoms with E-state index >= 15 is 0 Å².